The summed E-state index contributed by atoms with van der Waals surface area (Å²) in [6, 6.07) is 8.90. The highest BCUT2D eigenvalue weighted by atomic mass is 15.2. The molecule has 0 aliphatic heterocycles. The lowest BCUT2D eigenvalue weighted by Crippen LogP contribution is -2.00. The number of aryl methyl sites for hydroxylation is 1. The molecule has 2 aliphatic rings. The van der Waals surface area contributed by atoms with Crippen molar-refractivity contribution >= 4 is 5.82 Å². The van der Waals surface area contributed by atoms with Gasteiger partial charge in [-0.3, -0.25) is 5.10 Å². The van der Waals surface area contributed by atoms with Crippen LogP contribution in [0, 0.1) is 5.92 Å². The molecule has 0 amide bonds. The summed E-state index contributed by atoms with van der Waals surface area (Å²) in [6.07, 6.45) is 3.49. The number of benzene rings is 1. The van der Waals surface area contributed by atoms with Crippen LogP contribution in [0.15, 0.2) is 24.3 Å². The largest absolute Gasteiger partial charge is 0.382 e. The maximum absolute atomic E-state index is 5.96. The Morgan fingerprint density at radius 2 is 2.16 bits per heavy atom. The van der Waals surface area contributed by atoms with E-state index in [-0.39, 0.29) is 0 Å². The average Bonchev–Trinajstić information content (AvgIpc) is 3.07. The summed E-state index contributed by atoms with van der Waals surface area (Å²) < 4.78 is 0. The molecule has 0 spiro atoms. The summed E-state index contributed by atoms with van der Waals surface area (Å²) in [6.45, 7) is 2.16. The van der Waals surface area contributed by atoms with E-state index in [1.807, 2.05) is 0 Å². The molecule has 4 rings (SSSR count). The summed E-state index contributed by atoms with van der Waals surface area (Å²) in [4.78, 5) is 0. The Bertz CT molecular complexity index is 629. The van der Waals surface area contributed by atoms with E-state index in [4.69, 9.17) is 5.73 Å². The molecule has 3 nitrogen and oxygen atoms in total. The second-order valence-electron chi connectivity index (χ2n) is 5.81. The van der Waals surface area contributed by atoms with Gasteiger partial charge in [0.1, 0.15) is 5.82 Å². The summed E-state index contributed by atoms with van der Waals surface area (Å²) in [5.41, 5.74) is 11.6. The molecule has 1 aromatic heterocycles. The van der Waals surface area contributed by atoms with Crippen LogP contribution in [0.3, 0.4) is 0 Å². The van der Waals surface area contributed by atoms with Crippen molar-refractivity contribution in [1.82, 2.24) is 10.2 Å². The Labute approximate surface area is 113 Å². The van der Waals surface area contributed by atoms with Gasteiger partial charge in [-0.25, -0.2) is 0 Å². The number of aromatic nitrogens is 2. The van der Waals surface area contributed by atoms with Crippen LogP contribution in [0.5, 0.6) is 0 Å². The van der Waals surface area contributed by atoms with Gasteiger partial charge in [-0.15, -0.1) is 0 Å². The zero-order valence-corrected chi connectivity index (χ0v) is 11.2. The standard InChI is InChI=1S/C16H19N3/c1-2-10-15(18-19-16(10)17)14-12-8-7-9-5-3-4-6-11(9)13(12)14/h3-6,12-14H,2,7-8H2,1H3,(H3,17,18,19). The van der Waals surface area contributed by atoms with Gasteiger partial charge < -0.3 is 5.73 Å². The van der Waals surface area contributed by atoms with Gasteiger partial charge >= 0.3 is 0 Å². The smallest absolute Gasteiger partial charge is 0.148 e. The van der Waals surface area contributed by atoms with Crippen LogP contribution >= 0.6 is 0 Å². The lowest BCUT2D eigenvalue weighted by molar-refractivity contribution is 0.656. The molecule has 3 unspecified atom stereocenters. The monoisotopic (exact) mass is 253 g/mol. The minimum Gasteiger partial charge on any atom is -0.382 e. The van der Waals surface area contributed by atoms with E-state index >= 15 is 0 Å². The number of fused-ring (bicyclic) bond motifs is 3. The topological polar surface area (TPSA) is 54.7 Å². The van der Waals surface area contributed by atoms with Crippen molar-refractivity contribution in [2.45, 2.75) is 38.0 Å². The number of anilines is 1. The second kappa shape index (κ2) is 3.86. The van der Waals surface area contributed by atoms with Crippen molar-refractivity contribution in [1.29, 1.82) is 0 Å². The van der Waals surface area contributed by atoms with Gasteiger partial charge in [0, 0.05) is 17.2 Å². The van der Waals surface area contributed by atoms with Crippen LogP contribution in [-0.4, -0.2) is 10.2 Å². The fraction of sp³-hybridized carbons (Fsp3) is 0.438. The highest BCUT2D eigenvalue weighted by molar-refractivity contribution is 5.50. The number of rotatable bonds is 2. The molecule has 3 atom stereocenters. The van der Waals surface area contributed by atoms with Crippen molar-refractivity contribution in [2.24, 2.45) is 5.92 Å². The van der Waals surface area contributed by atoms with Crippen LogP contribution < -0.4 is 5.73 Å². The van der Waals surface area contributed by atoms with Gasteiger partial charge in [-0.05, 0) is 42.2 Å². The third-order valence-corrected chi connectivity index (χ3v) is 4.95. The lowest BCUT2D eigenvalue weighted by Gasteiger charge is -2.13. The number of nitrogens with two attached hydrogens (primary N) is 1. The molecular weight excluding hydrogens is 234 g/mol. The third-order valence-electron chi connectivity index (χ3n) is 4.95. The van der Waals surface area contributed by atoms with Crippen LogP contribution in [0.2, 0.25) is 0 Å². The zero-order chi connectivity index (χ0) is 13.0. The molecule has 19 heavy (non-hydrogen) atoms. The van der Waals surface area contributed by atoms with Gasteiger partial charge in [0.15, 0.2) is 0 Å². The highest BCUT2D eigenvalue weighted by Gasteiger charge is 2.55. The second-order valence-corrected chi connectivity index (χ2v) is 5.81. The molecule has 3 heteroatoms. The minimum atomic E-state index is 0.614. The highest BCUT2D eigenvalue weighted by Crippen LogP contribution is 2.65. The maximum Gasteiger partial charge on any atom is 0.148 e. The Morgan fingerprint density at radius 1 is 1.32 bits per heavy atom. The first-order valence-electron chi connectivity index (χ1n) is 7.21. The Kier molecular flexibility index (Phi) is 2.25. The van der Waals surface area contributed by atoms with E-state index in [0.717, 1.165) is 12.3 Å². The number of nitrogens with zero attached hydrogens (tertiary/aromatic N) is 1. The molecule has 0 radical (unpaired) electrons. The molecule has 3 N–H and O–H groups in total. The van der Waals surface area contributed by atoms with Crippen molar-refractivity contribution in [3.05, 3.63) is 46.6 Å². The molecule has 0 saturated heterocycles. The molecule has 0 bridgehead atoms. The number of nitrogen functional groups attached to an aromatic ring is 1. The van der Waals surface area contributed by atoms with Crippen molar-refractivity contribution in [3.63, 3.8) is 0 Å². The van der Waals surface area contributed by atoms with E-state index < -0.39 is 0 Å². The molecular formula is C16H19N3. The quantitative estimate of drug-likeness (QED) is 0.864. The third kappa shape index (κ3) is 1.47. The van der Waals surface area contributed by atoms with Gasteiger partial charge in [0.2, 0.25) is 0 Å². The summed E-state index contributed by atoms with van der Waals surface area (Å²) in [7, 11) is 0. The molecule has 1 fully saturated rings. The van der Waals surface area contributed by atoms with Crippen LogP contribution in [0.4, 0.5) is 5.82 Å². The first-order valence-corrected chi connectivity index (χ1v) is 7.21. The van der Waals surface area contributed by atoms with Crippen molar-refractivity contribution < 1.29 is 0 Å². The van der Waals surface area contributed by atoms with Gasteiger partial charge in [-0.2, -0.15) is 5.10 Å². The lowest BCUT2D eigenvalue weighted by atomic mass is 9.92. The SMILES string of the molecule is CCc1c(N)n[nH]c1C1C2CCc3ccccc3C21. The average molecular weight is 253 g/mol. The van der Waals surface area contributed by atoms with Gasteiger partial charge in [0.05, 0.1) is 0 Å². The van der Waals surface area contributed by atoms with E-state index in [0.29, 0.717) is 17.7 Å². The molecule has 98 valence electrons. The van der Waals surface area contributed by atoms with Crippen LogP contribution in [0.25, 0.3) is 0 Å². The number of aromatic amines is 1. The van der Waals surface area contributed by atoms with Gasteiger partial charge in [0.25, 0.3) is 0 Å². The summed E-state index contributed by atoms with van der Waals surface area (Å²) in [5.74, 6) is 2.79. The van der Waals surface area contributed by atoms with E-state index in [2.05, 4.69) is 41.4 Å². The minimum absolute atomic E-state index is 0.614. The summed E-state index contributed by atoms with van der Waals surface area (Å²) in [5, 5.41) is 7.41. The van der Waals surface area contributed by atoms with E-state index in [1.165, 1.54) is 29.7 Å². The number of nitrogens with one attached hydrogen (secondary N) is 1. The fourth-order valence-electron chi connectivity index (χ4n) is 4.00. The predicted octanol–water partition coefficient (Wildman–Crippen LogP) is 3.00. The van der Waals surface area contributed by atoms with E-state index in [1.54, 1.807) is 5.56 Å². The molecule has 1 aromatic carbocycles. The van der Waals surface area contributed by atoms with Crippen molar-refractivity contribution in [2.75, 3.05) is 5.73 Å². The number of hydrogen-bond donors (Lipinski definition) is 2. The molecule has 2 aliphatic carbocycles. The first kappa shape index (κ1) is 11.1. The Balaban J connectivity index is 1.74. The Morgan fingerprint density at radius 3 is 3.00 bits per heavy atom. The van der Waals surface area contributed by atoms with Crippen LogP contribution in [0.1, 0.15) is 47.6 Å². The first-order chi connectivity index (χ1) is 9.31. The van der Waals surface area contributed by atoms with Gasteiger partial charge in [-0.1, -0.05) is 31.2 Å². The van der Waals surface area contributed by atoms with Crippen molar-refractivity contribution in [3.8, 4) is 0 Å². The Hall–Kier alpha value is -1.77. The van der Waals surface area contributed by atoms with E-state index in [9.17, 15) is 0 Å². The molecule has 2 aromatic rings. The maximum atomic E-state index is 5.96. The molecule has 1 heterocycles. The zero-order valence-electron chi connectivity index (χ0n) is 11.2. The van der Waals surface area contributed by atoms with Crippen LogP contribution in [-0.2, 0) is 12.8 Å². The normalized spacial score (nSPS) is 27.7. The molecule has 1 saturated carbocycles. The fourth-order valence-corrected chi connectivity index (χ4v) is 4.00. The summed E-state index contributed by atoms with van der Waals surface area (Å²) >= 11 is 0. The number of hydrogen-bond acceptors (Lipinski definition) is 2. The number of H-pyrrole nitrogens is 1. The predicted molar refractivity (Wildman–Crippen MR) is 76.1 cm³/mol.